The van der Waals surface area contributed by atoms with Gasteiger partial charge in [-0.25, -0.2) is 0 Å². The van der Waals surface area contributed by atoms with Gasteiger partial charge in [0.25, 0.3) is 0 Å². The highest BCUT2D eigenvalue weighted by Crippen LogP contribution is 2.27. The monoisotopic (exact) mass is 245 g/mol. The molecule has 0 aromatic carbocycles. The van der Waals surface area contributed by atoms with Gasteiger partial charge < -0.3 is 14.2 Å². The first kappa shape index (κ1) is 14.1. The molecule has 1 aliphatic rings. The Bertz CT molecular complexity index is 292. The highest BCUT2D eigenvalue weighted by atomic mass is 16.7. The number of ether oxygens (including phenoxy) is 3. The molecule has 1 saturated heterocycles. The van der Waals surface area contributed by atoms with Crippen LogP contribution in [0.2, 0.25) is 0 Å². The smallest absolute Gasteiger partial charge is 0.238 e. The van der Waals surface area contributed by atoms with E-state index in [-0.39, 0.29) is 11.5 Å². The van der Waals surface area contributed by atoms with Crippen LogP contribution in [0, 0.1) is 10.1 Å². The Morgan fingerprint density at radius 2 is 2.35 bits per heavy atom. The van der Waals surface area contributed by atoms with Crippen molar-refractivity contribution in [2.24, 2.45) is 0 Å². The van der Waals surface area contributed by atoms with E-state index >= 15 is 0 Å². The highest BCUT2D eigenvalue weighted by molar-refractivity contribution is 4.83. The van der Waals surface area contributed by atoms with Gasteiger partial charge >= 0.3 is 0 Å². The third kappa shape index (κ3) is 3.76. The number of hydrogen-bond acceptors (Lipinski definition) is 5. The van der Waals surface area contributed by atoms with Crippen molar-refractivity contribution in [1.29, 1.82) is 0 Å². The third-order valence-electron chi connectivity index (χ3n) is 2.61. The molecule has 1 fully saturated rings. The maximum atomic E-state index is 10.8. The summed E-state index contributed by atoms with van der Waals surface area (Å²) in [6, 6.07) is -0.850. The van der Waals surface area contributed by atoms with Gasteiger partial charge in [0.1, 0.15) is 6.10 Å². The van der Waals surface area contributed by atoms with Crippen LogP contribution in [0.5, 0.6) is 0 Å². The van der Waals surface area contributed by atoms with Crippen LogP contribution in [0.25, 0.3) is 0 Å². The Morgan fingerprint density at radius 3 is 2.76 bits per heavy atom. The lowest BCUT2D eigenvalue weighted by Gasteiger charge is -2.24. The lowest BCUT2D eigenvalue weighted by atomic mass is 10.1. The van der Waals surface area contributed by atoms with Crippen molar-refractivity contribution in [2.75, 3.05) is 13.2 Å². The largest absolute Gasteiger partial charge is 0.364 e. The quantitative estimate of drug-likeness (QED) is 0.401. The van der Waals surface area contributed by atoms with E-state index in [0.29, 0.717) is 6.61 Å². The molecule has 6 nitrogen and oxygen atoms in total. The second-order valence-corrected chi connectivity index (χ2v) is 4.48. The summed E-state index contributed by atoms with van der Waals surface area (Å²) in [7, 11) is 0. The minimum Gasteiger partial charge on any atom is -0.364 e. The minimum absolute atomic E-state index is 0.253. The average molecular weight is 245 g/mol. The van der Waals surface area contributed by atoms with Gasteiger partial charge in [0.05, 0.1) is 13.2 Å². The Kier molecular flexibility index (Phi) is 4.62. The topological polar surface area (TPSA) is 70.8 Å². The molecule has 0 bridgehead atoms. The first-order valence-electron chi connectivity index (χ1n) is 5.55. The molecule has 0 radical (unpaired) electrons. The van der Waals surface area contributed by atoms with Crippen LogP contribution in [0.1, 0.15) is 20.8 Å². The van der Waals surface area contributed by atoms with Crippen molar-refractivity contribution >= 4 is 0 Å². The minimum atomic E-state index is -0.850. The molecular formula is C11H19NO5. The van der Waals surface area contributed by atoms with Crippen molar-refractivity contribution in [3.63, 3.8) is 0 Å². The second kappa shape index (κ2) is 5.57. The average Bonchev–Trinajstić information content (AvgIpc) is 2.59. The Morgan fingerprint density at radius 1 is 1.71 bits per heavy atom. The summed E-state index contributed by atoms with van der Waals surface area (Å²) in [5.41, 5.74) is 0. The normalized spacial score (nSPS) is 26.4. The van der Waals surface area contributed by atoms with Gasteiger partial charge in [0.2, 0.25) is 6.04 Å². The fourth-order valence-corrected chi connectivity index (χ4v) is 1.73. The summed E-state index contributed by atoms with van der Waals surface area (Å²) in [6.07, 6.45) is 0.496. The molecule has 0 N–H and O–H groups in total. The Balaban J connectivity index is 2.69. The van der Waals surface area contributed by atoms with Gasteiger partial charge in [0, 0.05) is 11.8 Å². The van der Waals surface area contributed by atoms with E-state index in [9.17, 15) is 10.1 Å². The van der Waals surface area contributed by atoms with E-state index in [1.165, 1.54) is 6.92 Å². The lowest BCUT2D eigenvalue weighted by Crippen LogP contribution is -2.44. The molecule has 1 heterocycles. The van der Waals surface area contributed by atoms with Crippen LogP contribution in [0.4, 0.5) is 0 Å². The first-order valence-corrected chi connectivity index (χ1v) is 5.55. The second-order valence-electron chi connectivity index (χ2n) is 4.48. The van der Waals surface area contributed by atoms with Crippen molar-refractivity contribution in [1.82, 2.24) is 0 Å². The summed E-state index contributed by atoms with van der Waals surface area (Å²) in [5, 5.41) is 10.8. The SMILES string of the molecule is C=CCOC(C(C)[N+](=O)[O-])[C@H]1COC(C)(C)O1. The number of rotatable bonds is 6. The van der Waals surface area contributed by atoms with Crippen molar-refractivity contribution in [3.05, 3.63) is 22.8 Å². The van der Waals surface area contributed by atoms with E-state index in [1.807, 2.05) is 0 Å². The van der Waals surface area contributed by atoms with E-state index in [2.05, 4.69) is 6.58 Å². The fourth-order valence-electron chi connectivity index (χ4n) is 1.73. The zero-order valence-electron chi connectivity index (χ0n) is 10.4. The Hall–Kier alpha value is -0.980. The van der Waals surface area contributed by atoms with Gasteiger partial charge in [-0.3, -0.25) is 10.1 Å². The molecule has 1 aliphatic heterocycles. The summed E-state index contributed by atoms with van der Waals surface area (Å²) < 4.78 is 16.4. The number of nitrogens with zero attached hydrogens (tertiary/aromatic N) is 1. The molecule has 2 unspecified atom stereocenters. The molecule has 0 saturated carbocycles. The molecule has 0 aromatic heterocycles. The highest BCUT2D eigenvalue weighted by Gasteiger charge is 2.43. The zero-order chi connectivity index (χ0) is 13.1. The number of hydrogen-bond donors (Lipinski definition) is 0. The third-order valence-corrected chi connectivity index (χ3v) is 2.61. The molecule has 0 aromatic rings. The lowest BCUT2D eigenvalue weighted by molar-refractivity contribution is -0.533. The molecular weight excluding hydrogens is 226 g/mol. The van der Waals surface area contributed by atoms with Gasteiger partial charge in [-0.15, -0.1) is 6.58 Å². The van der Waals surface area contributed by atoms with Crippen molar-refractivity contribution < 1.29 is 19.1 Å². The molecule has 17 heavy (non-hydrogen) atoms. The molecule has 3 atom stereocenters. The van der Waals surface area contributed by atoms with Gasteiger partial charge in [0.15, 0.2) is 11.9 Å². The van der Waals surface area contributed by atoms with Crippen LogP contribution in [0.15, 0.2) is 12.7 Å². The maximum absolute atomic E-state index is 10.8. The summed E-state index contributed by atoms with van der Waals surface area (Å²) in [6.45, 7) is 9.12. The van der Waals surface area contributed by atoms with Crippen LogP contribution < -0.4 is 0 Å². The first-order chi connectivity index (χ1) is 7.87. The Labute approximate surface area is 101 Å². The van der Waals surface area contributed by atoms with E-state index in [0.717, 1.165) is 0 Å². The maximum Gasteiger partial charge on any atom is 0.238 e. The van der Waals surface area contributed by atoms with Crippen LogP contribution in [-0.4, -0.2) is 42.2 Å². The van der Waals surface area contributed by atoms with E-state index in [1.54, 1.807) is 19.9 Å². The number of nitro groups is 1. The summed E-state index contributed by atoms with van der Waals surface area (Å²) in [5.74, 6) is -0.712. The molecule has 1 rings (SSSR count). The molecule has 6 heteroatoms. The predicted octanol–water partition coefficient (Wildman–Crippen LogP) is 1.37. The van der Waals surface area contributed by atoms with Crippen LogP contribution in [-0.2, 0) is 14.2 Å². The van der Waals surface area contributed by atoms with Crippen LogP contribution in [0.3, 0.4) is 0 Å². The van der Waals surface area contributed by atoms with E-state index in [4.69, 9.17) is 14.2 Å². The van der Waals surface area contributed by atoms with Gasteiger partial charge in [-0.1, -0.05) is 6.08 Å². The fraction of sp³-hybridized carbons (Fsp3) is 0.818. The molecule has 0 aliphatic carbocycles. The van der Waals surface area contributed by atoms with E-state index < -0.39 is 24.0 Å². The summed E-state index contributed by atoms with van der Waals surface area (Å²) >= 11 is 0. The zero-order valence-corrected chi connectivity index (χ0v) is 10.4. The standard InChI is InChI=1S/C11H19NO5/c1-5-6-15-10(8(2)12(13)14)9-7-16-11(3,4)17-9/h5,8-10H,1,6-7H2,2-4H3/t8?,9-,10?/m1/s1. The van der Waals surface area contributed by atoms with Crippen LogP contribution >= 0.6 is 0 Å². The molecule has 0 amide bonds. The van der Waals surface area contributed by atoms with Crippen molar-refractivity contribution in [3.8, 4) is 0 Å². The van der Waals surface area contributed by atoms with Crippen molar-refractivity contribution in [2.45, 2.75) is 44.8 Å². The molecule has 0 spiro atoms. The van der Waals surface area contributed by atoms with Gasteiger partial charge in [-0.05, 0) is 13.8 Å². The summed E-state index contributed by atoms with van der Waals surface area (Å²) in [4.78, 5) is 10.5. The van der Waals surface area contributed by atoms with Gasteiger partial charge in [-0.2, -0.15) is 0 Å². The molecule has 98 valence electrons. The predicted molar refractivity (Wildman–Crippen MR) is 61.3 cm³/mol.